The normalized spacial score (nSPS) is 11.5. The highest BCUT2D eigenvalue weighted by atomic mass is 16.5. The second-order valence-electron chi connectivity index (χ2n) is 7.77. The number of benzene rings is 2. The summed E-state index contributed by atoms with van der Waals surface area (Å²) in [7, 11) is 7.12. The highest BCUT2D eigenvalue weighted by Gasteiger charge is 2.28. The van der Waals surface area contributed by atoms with Crippen molar-refractivity contribution in [3.8, 4) is 17.2 Å². The number of furan rings is 1. The Bertz CT molecular complexity index is 1100. The van der Waals surface area contributed by atoms with Gasteiger partial charge in [-0.05, 0) is 38.6 Å². The molecule has 0 fully saturated rings. The van der Waals surface area contributed by atoms with E-state index in [9.17, 15) is 5.11 Å². The van der Waals surface area contributed by atoms with E-state index in [-0.39, 0.29) is 0 Å². The first kappa shape index (κ1) is 27.5. The maximum Gasteiger partial charge on any atom is 0.414 e. The van der Waals surface area contributed by atoms with E-state index >= 15 is 0 Å². The predicted molar refractivity (Wildman–Crippen MR) is 128 cm³/mol. The second-order valence-corrected chi connectivity index (χ2v) is 7.77. The summed E-state index contributed by atoms with van der Waals surface area (Å²) in [5.41, 5.74) is 2.30. The van der Waals surface area contributed by atoms with E-state index in [2.05, 4.69) is 12.1 Å². The maximum atomic E-state index is 11.1. The highest BCUT2D eigenvalue weighted by Crippen LogP contribution is 2.49. The second kappa shape index (κ2) is 13.2. The average Bonchev–Trinajstić information content (AvgIpc) is 3.32. The summed E-state index contributed by atoms with van der Waals surface area (Å²) in [5, 5.41) is 26.7. The number of aliphatic hydroxyl groups excluding tert-OH is 1. The first-order chi connectivity index (χ1) is 16.7. The van der Waals surface area contributed by atoms with Gasteiger partial charge in [-0.1, -0.05) is 30.3 Å². The van der Waals surface area contributed by atoms with E-state index in [0.29, 0.717) is 41.4 Å². The van der Waals surface area contributed by atoms with Crippen LogP contribution in [0.25, 0.3) is 11.0 Å². The van der Waals surface area contributed by atoms with Crippen molar-refractivity contribution in [1.29, 1.82) is 0 Å². The Hall–Kier alpha value is -3.76. The minimum atomic E-state index is -1.82. The van der Waals surface area contributed by atoms with Gasteiger partial charge in [0.05, 0.1) is 37.5 Å². The van der Waals surface area contributed by atoms with Gasteiger partial charge in [-0.2, -0.15) is 0 Å². The van der Waals surface area contributed by atoms with Gasteiger partial charge in [0.2, 0.25) is 5.75 Å². The highest BCUT2D eigenvalue weighted by molar-refractivity contribution is 6.27. The van der Waals surface area contributed by atoms with E-state index in [1.54, 1.807) is 20.5 Å². The molecule has 0 aliphatic rings. The van der Waals surface area contributed by atoms with Crippen LogP contribution in [0.3, 0.4) is 0 Å². The number of aliphatic carboxylic acids is 2. The summed E-state index contributed by atoms with van der Waals surface area (Å²) < 4.78 is 23.1. The molecule has 0 spiro atoms. The number of carbonyl (C=O) groups is 2. The summed E-state index contributed by atoms with van der Waals surface area (Å²) in [6.45, 7) is 1.17. The van der Waals surface area contributed by atoms with Gasteiger partial charge in [-0.3, -0.25) is 0 Å². The lowest BCUT2D eigenvalue weighted by Crippen LogP contribution is -2.20. The molecule has 0 aliphatic carbocycles. The van der Waals surface area contributed by atoms with Crippen LogP contribution in [0.15, 0.2) is 47.1 Å². The zero-order valence-corrected chi connectivity index (χ0v) is 20.2. The van der Waals surface area contributed by atoms with Crippen LogP contribution in [0.1, 0.15) is 23.7 Å². The molecule has 10 nitrogen and oxygen atoms in total. The van der Waals surface area contributed by atoms with Crippen molar-refractivity contribution in [2.45, 2.75) is 18.9 Å². The van der Waals surface area contributed by atoms with Crippen molar-refractivity contribution in [1.82, 2.24) is 4.90 Å². The van der Waals surface area contributed by atoms with Crippen LogP contribution in [0.2, 0.25) is 0 Å². The molecule has 190 valence electrons. The van der Waals surface area contributed by atoms with Crippen LogP contribution in [-0.2, 0) is 16.0 Å². The fourth-order valence-electron chi connectivity index (χ4n) is 3.41. The molecule has 0 aliphatic heterocycles. The lowest BCUT2D eigenvalue weighted by Gasteiger charge is -2.22. The number of rotatable bonds is 10. The topological polar surface area (TPSA) is 139 Å². The monoisotopic (exact) mass is 489 g/mol. The molecule has 1 aromatic heterocycles. The van der Waals surface area contributed by atoms with Crippen molar-refractivity contribution in [2.75, 3.05) is 41.5 Å². The van der Waals surface area contributed by atoms with Crippen molar-refractivity contribution in [3.63, 3.8) is 0 Å². The number of likely N-dealkylation sites (N-methyl/N-ethyl adjacent to an activating group) is 1. The van der Waals surface area contributed by atoms with E-state index in [1.165, 1.54) is 0 Å². The van der Waals surface area contributed by atoms with E-state index in [0.717, 1.165) is 23.9 Å². The van der Waals surface area contributed by atoms with Gasteiger partial charge in [0.25, 0.3) is 0 Å². The Morgan fingerprint density at radius 3 is 2.14 bits per heavy atom. The summed E-state index contributed by atoms with van der Waals surface area (Å²) in [4.78, 5) is 20.2. The van der Waals surface area contributed by atoms with E-state index < -0.39 is 18.0 Å². The number of ether oxygens (including phenoxy) is 3. The predicted octanol–water partition coefficient (Wildman–Crippen LogP) is 3.21. The number of carboxylic acid groups (broad SMARTS) is 2. The lowest BCUT2D eigenvalue weighted by atomic mass is 9.97. The lowest BCUT2D eigenvalue weighted by molar-refractivity contribution is -0.159. The SMILES string of the molecule is COc1c(C(O)CCc2ccccc2)c(OCCN(C)C)c(OC)c2occc12.O=C(O)C(=O)O. The average molecular weight is 490 g/mol. The number of hydrogen-bond acceptors (Lipinski definition) is 8. The van der Waals surface area contributed by atoms with Gasteiger partial charge in [0.1, 0.15) is 12.4 Å². The van der Waals surface area contributed by atoms with Gasteiger partial charge >= 0.3 is 11.9 Å². The van der Waals surface area contributed by atoms with Crippen LogP contribution >= 0.6 is 0 Å². The van der Waals surface area contributed by atoms with Crippen LogP contribution < -0.4 is 14.2 Å². The smallest absolute Gasteiger partial charge is 0.414 e. The van der Waals surface area contributed by atoms with E-state index in [1.807, 2.05) is 43.3 Å². The third kappa shape index (κ3) is 7.36. The zero-order chi connectivity index (χ0) is 26.0. The molecule has 3 aromatic rings. The molecule has 1 atom stereocenters. The third-order valence-electron chi connectivity index (χ3n) is 5.07. The van der Waals surface area contributed by atoms with Gasteiger partial charge < -0.3 is 38.8 Å². The molecule has 1 unspecified atom stereocenters. The molecule has 1 heterocycles. The molecule has 0 amide bonds. The Morgan fingerprint density at radius 1 is 0.971 bits per heavy atom. The molecule has 35 heavy (non-hydrogen) atoms. The largest absolute Gasteiger partial charge is 0.495 e. The molecular formula is C25H31NO9. The zero-order valence-electron chi connectivity index (χ0n) is 20.2. The van der Waals surface area contributed by atoms with Gasteiger partial charge in [0, 0.05) is 6.54 Å². The Labute approximate surface area is 203 Å². The number of nitrogens with zero attached hydrogens (tertiary/aromatic N) is 1. The molecular weight excluding hydrogens is 458 g/mol. The fraction of sp³-hybridized carbons (Fsp3) is 0.360. The van der Waals surface area contributed by atoms with Crippen molar-refractivity contribution in [2.24, 2.45) is 0 Å². The first-order valence-electron chi connectivity index (χ1n) is 10.8. The summed E-state index contributed by atoms with van der Waals surface area (Å²) in [5.74, 6) is -2.16. The summed E-state index contributed by atoms with van der Waals surface area (Å²) in [6.07, 6.45) is 2.05. The molecule has 2 aromatic carbocycles. The minimum absolute atomic E-state index is 0.442. The van der Waals surface area contributed by atoms with E-state index in [4.69, 9.17) is 38.4 Å². The number of aliphatic hydroxyl groups is 1. The van der Waals surface area contributed by atoms with Crippen molar-refractivity contribution < 1.29 is 43.5 Å². The Kier molecular flexibility index (Phi) is 10.4. The molecule has 0 radical (unpaired) electrons. The van der Waals surface area contributed by atoms with Crippen LogP contribution in [0, 0.1) is 0 Å². The van der Waals surface area contributed by atoms with Crippen LogP contribution in [-0.4, -0.2) is 73.6 Å². The molecule has 0 saturated carbocycles. The molecule has 10 heteroatoms. The number of hydrogen-bond donors (Lipinski definition) is 3. The van der Waals surface area contributed by atoms with Crippen molar-refractivity contribution >= 4 is 22.9 Å². The fourth-order valence-corrected chi connectivity index (χ4v) is 3.41. The van der Waals surface area contributed by atoms with Crippen LogP contribution in [0.4, 0.5) is 0 Å². The van der Waals surface area contributed by atoms with Gasteiger partial charge in [0.15, 0.2) is 11.3 Å². The first-order valence-corrected chi connectivity index (χ1v) is 10.8. The standard InChI is InChI=1S/C23H29NO5.C2H2O4/c1-24(2)13-15-29-22-19(18(25)11-10-16-8-6-5-7-9-16)20(26-3)17-12-14-28-21(17)23(22)27-4;3-1(4)2(5)6/h5-9,12,14,18,25H,10-11,13,15H2,1-4H3;(H,3,4)(H,5,6). The summed E-state index contributed by atoms with van der Waals surface area (Å²) >= 11 is 0. The number of fused-ring (bicyclic) bond motifs is 1. The quantitative estimate of drug-likeness (QED) is 0.364. The number of aryl methyl sites for hydroxylation is 1. The summed E-state index contributed by atoms with van der Waals surface area (Å²) in [6, 6.07) is 11.9. The Balaban J connectivity index is 0.000000641. The maximum absolute atomic E-state index is 11.1. The molecule has 3 N–H and O–H groups in total. The number of methoxy groups -OCH3 is 2. The van der Waals surface area contributed by atoms with Gasteiger partial charge in [-0.25, -0.2) is 9.59 Å². The van der Waals surface area contributed by atoms with Gasteiger partial charge in [-0.15, -0.1) is 0 Å². The Morgan fingerprint density at radius 2 is 1.60 bits per heavy atom. The van der Waals surface area contributed by atoms with Crippen molar-refractivity contribution in [3.05, 3.63) is 53.8 Å². The molecule has 3 rings (SSSR count). The minimum Gasteiger partial charge on any atom is -0.495 e. The van der Waals surface area contributed by atoms with Crippen LogP contribution in [0.5, 0.6) is 17.2 Å². The molecule has 0 bridgehead atoms. The third-order valence-corrected chi connectivity index (χ3v) is 5.07. The molecule has 0 saturated heterocycles. The number of carboxylic acids is 2.